The molecule has 3 heterocycles. The zero-order valence-corrected chi connectivity index (χ0v) is 67.2. The first kappa shape index (κ1) is 99.1. The van der Waals surface area contributed by atoms with Crippen LogP contribution in [-0.4, -0.2) is 193 Å². The minimum absolute atomic E-state index is 0.204. The molecular formula is C90H153NO18. The van der Waals surface area contributed by atoms with Crippen molar-refractivity contribution in [2.24, 2.45) is 0 Å². The molecule has 109 heavy (non-hydrogen) atoms. The fraction of sp³-hybridized carbons (Fsp3) is 0.744. The van der Waals surface area contributed by atoms with Crippen molar-refractivity contribution < 1.29 is 89.4 Å². The Morgan fingerprint density at radius 1 is 0.339 bits per heavy atom. The molecule has 17 unspecified atom stereocenters. The summed E-state index contributed by atoms with van der Waals surface area (Å²) in [6.45, 7) is 1.61. The molecule has 3 saturated heterocycles. The first-order valence-electron chi connectivity index (χ1n) is 42.9. The fourth-order valence-electron chi connectivity index (χ4n) is 13.6. The summed E-state index contributed by atoms with van der Waals surface area (Å²) >= 11 is 0. The maximum absolute atomic E-state index is 13.5. The van der Waals surface area contributed by atoms with Gasteiger partial charge in [-0.05, 0) is 103 Å². The highest BCUT2D eigenvalue weighted by atomic mass is 16.8. The van der Waals surface area contributed by atoms with Gasteiger partial charge in [0.05, 0.1) is 38.6 Å². The van der Waals surface area contributed by atoms with Gasteiger partial charge in [-0.25, -0.2) is 0 Å². The summed E-state index contributed by atoms with van der Waals surface area (Å²) in [6.07, 6.45) is 71.6. The number of unbranched alkanes of at least 4 members (excludes halogenated alkanes) is 31. The first-order chi connectivity index (χ1) is 53.3. The van der Waals surface area contributed by atoms with Crippen molar-refractivity contribution in [2.75, 3.05) is 26.4 Å². The highest BCUT2D eigenvalue weighted by Gasteiger charge is 2.54. The lowest BCUT2D eigenvalue weighted by Gasteiger charge is -2.48. The van der Waals surface area contributed by atoms with Crippen LogP contribution in [0.15, 0.2) is 134 Å². The van der Waals surface area contributed by atoms with Gasteiger partial charge in [0.15, 0.2) is 18.9 Å². The van der Waals surface area contributed by atoms with Gasteiger partial charge in [0, 0.05) is 6.42 Å². The lowest BCUT2D eigenvalue weighted by atomic mass is 9.96. The third kappa shape index (κ3) is 47.4. The lowest BCUT2D eigenvalue weighted by molar-refractivity contribution is -0.379. The zero-order chi connectivity index (χ0) is 78.8. The predicted octanol–water partition coefficient (Wildman–Crippen LogP) is 15.6. The van der Waals surface area contributed by atoms with Gasteiger partial charge < -0.3 is 89.9 Å². The van der Waals surface area contributed by atoms with Crippen molar-refractivity contribution >= 4 is 5.91 Å². The average molecular weight is 1540 g/mol. The molecular weight excluding hydrogens is 1380 g/mol. The van der Waals surface area contributed by atoms with Gasteiger partial charge in [-0.3, -0.25) is 4.79 Å². The number of aliphatic hydroxyl groups excluding tert-OH is 11. The van der Waals surface area contributed by atoms with Crippen molar-refractivity contribution in [1.82, 2.24) is 5.32 Å². The first-order valence-corrected chi connectivity index (χ1v) is 42.9. The molecule has 626 valence electrons. The monoisotopic (exact) mass is 1540 g/mol. The van der Waals surface area contributed by atoms with E-state index < -0.39 is 124 Å². The summed E-state index contributed by atoms with van der Waals surface area (Å²) in [7, 11) is 0. The number of allylic oxidation sites excluding steroid dienone is 21. The minimum Gasteiger partial charge on any atom is -0.394 e. The van der Waals surface area contributed by atoms with Crippen molar-refractivity contribution in [3.8, 4) is 0 Å². The van der Waals surface area contributed by atoms with Crippen molar-refractivity contribution in [3.05, 3.63) is 134 Å². The number of nitrogens with one attached hydrogen (secondary N) is 1. The van der Waals surface area contributed by atoms with Gasteiger partial charge in [0.25, 0.3) is 0 Å². The smallest absolute Gasteiger partial charge is 0.220 e. The number of carbonyl (C=O) groups excluding carboxylic acids is 1. The zero-order valence-electron chi connectivity index (χ0n) is 67.2. The van der Waals surface area contributed by atoms with E-state index in [2.05, 4.69) is 141 Å². The molecule has 0 bridgehead atoms. The molecule has 12 N–H and O–H groups in total. The third-order valence-corrected chi connectivity index (χ3v) is 20.4. The Labute approximate surface area is 658 Å². The third-order valence-electron chi connectivity index (χ3n) is 20.4. The van der Waals surface area contributed by atoms with Gasteiger partial charge in [-0.1, -0.05) is 321 Å². The van der Waals surface area contributed by atoms with Gasteiger partial charge >= 0.3 is 0 Å². The van der Waals surface area contributed by atoms with Crippen molar-refractivity contribution in [1.29, 1.82) is 0 Å². The van der Waals surface area contributed by atoms with Crippen LogP contribution < -0.4 is 5.32 Å². The highest BCUT2D eigenvalue weighted by Crippen LogP contribution is 2.33. The summed E-state index contributed by atoms with van der Waals surface area (Å²) in [5.74, 6) is -0.307. The summed E-state index contributed by atoms with van der Waals surface area (Å²) in [6, 6.07) is -1.01. The Bertz CT molecular complexity index is 2490. The van der Waals surface area contributed by atoms with E-state index in [1.807, 2.05) is 6.08 Å². The Morgan fingerprint density at radius 3 is 1.03 bits per heavy atom. The van der Waals surface area contributed by atoms with Gasteiger partial charge in [-0.2, -0.15) is 0 Å². The number of hydrogen-bond donors (Lipinski definition) is 12. The Kier molecular flexibility index (Phi) is 62.2. The lowest BCUT2D eigenvalue weighted by Crippen LogP contribution is -2.66. The second-order valence-corrected chi connectivity index (χ2v) is 29.9. The average Bonchev–Trinajstić information content (AvgIpc) is 0.782. The molecule has 0 aromatic carbocycles. The number of hydrogen-bond acceptors (Lipinski definition) is 18. The van der Waals surface area contributed by atoms with Gasteiger partial charge in [0.2, 0.25) is 5.91 Å². The van der Waals surface area contributed by atoms with E-state index in [4.69, 9.17) is 28.4 Å². The minimum atomic E-state index is -1.99. The topological polar surface area (TPSA) is 307 Å². The highest BCUT2D eigenvalue weighted by molar-refractivity contribution is 5.76. The van der Waals surface area contributed by atoms with E-state index in [0.29, 0.717) is 12.8 Å². The molecule has 3 aliphatic rings. The SMILES string of the molecule is CC/C=C\C/C=C\C/C=C\C/C=C\C/C=C\C/C=C\C/C=C\C/C=C\C/C=C\CCCCCCCC(=O)NC(COC1OC(CO)C(OC2OC(CO)C(OC3OC(CO)C(O)C(O)C3O)C(O)C2O)C(O)C1O)C(O)/C=C/CC/C=C/CCCCCCCCCCCCCCCCCCCCCCCCCCC. The molecule has 0 aromatic rings. The molecule has 19 nitrogen and oxygen atoms in total. The Hall–Kier alpha value is -4.07. The maximum Gasteiger partial charge on any atom is 0.220 e. The fourth-order valence-corrected chi connectivity index (χ4v) is 13.6. The number of ether oxygens (including phenoxy) is 6. The van der Waals surface area contributed by atoms with E-state index in [9.17, 15) is 61.0 Å². The number of amides is 1. The van der Waals surface area contributed by atoms with Gasteiger partial charge in [-0.15, -0.1) is 0 Å². The van der Waals surface area contributed by atoms with Crippen LogP contribution in [0.3, 0.4) is 0 Å². The van der Waals surface area contributed by atoms with Crippen LogP contribution in [0, 0.1) is 0 Å². The van der Waals surface area contributed by atoms with Crippen LogP contribution in [0.2, 0.25) is 0 Å². The summed E-state index contributed by atoms with van der Waals surface area (Å²) < 4.78 is 34.5. The van der Waals surface area contributed by atoms with E-state index in [0.717, 1.165) is 109 Å². The van der Waals surface area contributed by atoms with Crippen LogP contribution in [0.1, 0.15) is 296 Å². The number of rotatable bonds is 67. The van der Waals surface area contributed by atoms with Crippen LogP contribution in [-0.2, 0) is 33.2 Å². The van der Waals surface area contributed by atoms with E-state index in [1.165, 1.54) is 154 Å². The summed E-state index contributed by atoms with van der Waals surface area (Å²) in [5, 5.41) is 121. The predicted molar refractivity (Wildman–Crippen MR) is 438 cm³/mol. The number of carbonyl (C=O) groups is 1. The standard InChI is InChI=1S/C90H153NO18/c1-3-5-7-9-11-13-15-17-19-21-23-25-27-29-31-33-35-36-38-40-42-44-46-48-50-52-54-56-58-60-62-64-66-68-78(96)91-73(74(95)67-65-63-61-59-57-55-53-51-49-47-45-43-41-39-37-34-32-30-28-26-24-22-20-18-16-14-12-10-8-6-4-2)72-104-88-84(102)81(99)86(76(70-93)106-88)109-90-85(103)82(100)87(77(71-94)107-90)108-89-83(101)80(98)79(97)75(69-92)105-89/h5,7,11,13,17,19,23,25,29,31,35-36,40,42,46,48,52,54,57,59,65,67,73-77,79-90,92-95,97-103H,3-4,6,8-10,12,14-16,18,20-22,24,26-28,30,32-34,37-39,41,43-45,47,49-51,53,55-56,58,60-64,66,68-72H2,1-2H3,(H,91,96)/b7-5-,13-11-,19-17-,25-23-,31-29-,36-35-,42-40-,48-46-,54-52-,59-57+,67-65+. The second kappa shape index (κ2) is 68.3. The summed E-state index contributed by atoms with van der Waals surface area (Å²) in [4.78, 5) is 13.5. The van der Waals surface area contributed by atoms with E-state index in [-0.39, 0.29) is 18.9 Å². The molecule has 1 amide bonds. The molecule has 3 aliphatic heterocycles. The molecule has 0 radical (unpaired) electrons. The molecule has 0 aromatic heterocycles. The Balaban J connectivity index is 1.38. The Morgan fingerprint density at radius 2 is 0.642 bits per heavy atom. The molecule has 0 saturated carbocycles. The quantitative estimate of drug-likeness (QED) is 0.0199. The molecule has 0 spiro atoms. The number of aliphatic hydroxyl groups is 11. The van der Waals surface area contributed by atoms with Crippen LogP contribution in [0.5, 0.6) is 0 Å². The van der Waals surface area contributed by atoms with Crippen LogP contribution >= 0.6 is 0 Å². The molecule has 17 atom stereocenters. The summed E-state index contributed by atoms with van der Waals surface area (Å²) in [5.41, 5.74) is 0. The molecule has 0 aliphatic carbocycles. The normalized spacial score (nSPS) is 26.0. The van der Waals surface area contributed by atoms with Crippen LogP contribution in [0.25, 0.3) is 0 Å². The maximum atomic E-state index is 13.5. The van der Waals surface area contributed by atoms with E-state index >= 15 is 0 Å². The van der Waals surface area contributed by atoms with Crippen molar-refractivity contribution in [3.63, 3.8) is 0 Å². The van der Waals surface area contributed by atoms with Crippen molar-refractivity contribution in [2.45, 2.75) is 401 Å². The largest absolute Gasteiger partial charge is 0.394 e. The van der Waals surface area contributed by atoms with Crippen LogP contribution in [0.4, 0.5) is 0 Å². The molecule has 3 fully saturated rings. The molecule has 3 rings (SSSR count). The van der Waals surface area contributed by atoms with Gasteiger partial charge in [0.1, 0.15) is 73.2 Å². The second-order valence-electron chi connectivity index (χ2n) is 29.9. The van der Waals surface area contributed by atoms with E-state index in [1.54, 1.807) is 6.08 Å². The molecule has 19 heteroatoms.